The fourth-order valence-corrected chi connectivity index (χ4v) is 3.86. The van der Waals surface area contributed by atoms with Gasteiger partial charge in [-0.2, -0.15) is 0 Å². The molecule has 1 aromatic heterocycles. The van der Waals surface area contributed by atoms with Gasteiger partial charge in [0.1, 0.15) is 12.1 Å². The minimum absolute atomic E-state index is 0.0526. The summed E-state index contributed by atoms with van der Waals surface area (Å²) in [5.41, 5.74) is 5.01. The minimum atomic E-state index is -1.11. The third-order valence-corrected chi connectivity index (χ3v) is 5.10. The maximum absolute atomic E-state index is 12.1. The Bertz CT molecular complexity index is 515. The highest BCUT2D eigenvalue weighted by Gasteiger charge is 2.70. The molecule has 0 aliphatic heterocycles. The van der Waals surface area contributed by atoms with Crippen molar-refractivity contribution >= 4 is 23.3 Å². The minimum Gasteiger partial charge on any atom is -0.481 e. The van der Waals surface area contributed by atoms with Crippen LogP contribution in [0.1, 0.15) is 17.7 Å². The molecule has 0 amide bonds. The number of fused-ring (bicyclic) bond motifs is 1. The predicted octanol–water partition coefficient (Wildman–Crippen LogP) is 1.23. The number of esters is 1. The molecule has 3 rings (SSSR count). The van der Waals surface area contributed by atoms with Gasteiger partial charge in [-0.1, -0.05) is 6.07 Å². The van der Waals surface area contributed by atoms with Gasteiger partial charge in [-0.15, -0.1) is 11.3 Å². The molecular weight excluding hydrogens is 266 g/mol. The molecule has 2 aliphatic rings. The van der Waals surface area contributed by atoms with Crippen LogP contribution in [0.5, 0.6) is 0 Å². The van der Waals surface area contributed by atoms with Gasteiger partial charge >= 0.3 is 11.9 Å². The summed E-state index contributed by atoms with van der Waals surface area (Å²) in [5, 5.41) is 11.0. The molecule has 0 saturated heterocycles. The van der Waals surface area contributed by atoms with Crippen molar-refractivity contribution in [3.63, 3.8) is 0 Å². The molecule has 3 N–H and O–H groups in total. The van der Waals surface area contributed by atoms with E-state index >= 15 is 0 Å². The lowest BCUT2D eigenvalue weighted by Gasteiger charge is -2.24. The number of aliphatic carboxylic acids is 1. The Morgan fingerprint density at radius 3 is 2.95 bits per heavy atom. The summed E-state index contributed by atoms with van der Waals surface area (Å²) < 4.78 is 5.25. The van der Waals surface area contributed by atoms with E-state index in [1.54, 1.807) is 0 Å². The summed E-state index contributed by atoms with van der Waals surface area (Å²) >= 11 is 1.51. The average molecular weight is 281 g/mol. The second kappa shape index (κ2) is 4.31. The molecule has 0 radical (unpaired) electrons. The Labute approximate surface area is 114 Å². The molecule has 0 unspecified atom stereocenters. The molecule has 19 heavy (non-hydrogen) atoms. The van der Waals surface area contributed by atoms with Gasteiger partial charge in [0, 0.05) is 10.8 Å². The first-order valence-corrected chi connectivity index (χ1v) is 7.13. The van der Waals surface area contributed by atoms with Crippen molar-refractivity contribution in [3.05, 3.63) is 22.4 Å². The monoisotopic (exact) mass is 281 g/mol. The van der Waals surface area contributed by atoms with Crippen LogP contribution in [0.25, 0.3) is 0 Å². The molecule has 2 saturated carbocycles. The molecule has 0 spiro atoms. The topological polar surface area (TPSA) is 89.6 Å². The highest BCUT2D eigenvalue weighted by atomic mass is 32.1. The molecule has 0 bridgehead atoms. The number of rotatable bonds is 4. The molecule has 102 valence electrons. The third-order valence-electron chi connectivity index (χ3n) is 4.25. The zero-order chi connectivity index (χ0) is 13.6. The van der Waals surface area contributed by atoms with Gasteiger partial charge in [0.15, 0.2) is 0 Å². The van der Waals surface area contributed by atoms with Gasteiger partial charge < -0.3 is 15.6 Å². The maximum Gasteiger partial charge on any atom is 0.326 e. The molecule has 2 fully saturated rings. The Kier molecular flexibility index (Phi) is 2.87. The van der Waals surface area contributed by atoms with Gasteiger partial charge in [-0.3, -0.25) is 9.59 Å². The van der Waals surface area contributed by atoms with Crippen molar-refractivity contribution in [3.8, 4) is 0 Å². The molecular formula is C13H15NO4S. The van der Waals surface area contributed by atoms with Crippen molar-refractivity contribution in [2.45, 2.75) is 25.0 Å². The molecule has 5 nitrogen and oxygen atoms in total. The van der Waals surface area contributed by atoms with E-state index in [-0.39, 0.29) is 18.4 Å². The van der Waals surface area contributed by atoms with E-state index in [1.165, 1.54) is 11.3 Å². The molecule has 1 heterocycles. The summed E-state index contributed by atoms with van der Waals surface area (Å²) in [6.45, 7) is 0.213. The van der Waals surface area contributed by atoms with Crippen LogP contribution in [0.2, 0.25) is 0 Å². The quantitative estimate of drug-likeness (QED) is 0.810. The van der Waals surface area contributed by atoms with E-state index in [0.29, 0.717) is 12.8 Å². The smallest absolute Gasteiger partial charge is 0.326 e. The third kappa shape index (κ3) is 1.95. The van der Waals surface area contributed by atoms with Crippen molar-refractivity contribution in [1.82, 2.24) is 0 Å². The summed E-state index contributed by atoms with van der Waals surface area (Å²) in [5.74, 6) is -1.97. The van der Waals surface area contributed by atoms with Gasteiger partial charge in [0.2, 0.25) is 0 Å². The number of ether oxygens (including phenoxy) is 1. The largest absolute Gasteiger partial charge is 0.481 e. The Morgan fingerprint density at radius 1 is 1.58 bits per heavy atom. The first-order chi connectivity index (χ1) is 9.04. The zero-order valence-electron chi connectivity index (χ0n) is 10.2. The van der Waals surface area contributed by atoms with E-state index in [1.807, 2.05) is 17.5 Å². The fraction of sp³-hybridized carbons (Fsp3) is 0.538. The highest BCUT2D eigenvalue weighted by Crippen LogP contribution is 2.61. The lowest BCUT2D eigenvalue weighted by molar-refractivity contribution is -0.152. The highest BCUT2D eigenvalue weighted by molar-refractivity contribution is 7.09. The van der Waals surface area contributed by atoms with Crippen LogP contribution in [0.15, 0.2) is 17.5 Å². The molecule has 2 aliphatic carbocycles. The molecule has 0 aromatic carbocycles. The zero-order valence-corrected chi connectivity index (χ0v) is 11.1. The molecule has 6 heteroatoms. The summed E-state index contributed by atoms with van der Waals surface area (Å²) in [7, 11) is 0. The van der Waals surface area contributed by atoms with Crippen LogP contribution >= 0.6 is 11.3 Å². The lowest BCUT2D eigenvalue weighted by atomic mass is 9.91. The normalized spacial score (nSPS) is 35.7. The Morgan fingerprint density at radius 2 is 2.37 bits per heavy atom. The number of carboxylic acids is 1. The van der Waals surface area contributed by atoms with Gasteiger partial charge in [-0.25, -0.2) is 0 Å². The SMILES string of the molecule is N[C@@]1(C(=O)OCc2cccs2)CC[C@H]2[C@H](C(=O)O)[C@H]21. The maximum atomic E-state index is 12.1. The summed E-state index contributed by atoms with van der Waals surface area (Å²) in [6, 6.07) is 3.77. The number of hydrogen-bond donors (Lipinski definition) is 2. The number of carbonyl (C=O) groups excluding carboxylic acids is 1. The van der Waals surface area contributed by atoms with Crippen LogP contribution in [0.4, 0.5) is 0 Å². The number of carboxylic acid groups (broad SMARTS) is 1. The van der Waals surface area contributed by atoms with Crippen molar-refractivity contribution in [1.29, 1.82) is 0 Å². The predicted molar refractivity (Wildman–Crippen MR) is 68.4 cm³/mol. The van der Waals surface area contributed by atoms with E-state index in [9.17, 15) is 9.59 Å². The van der Waals surface area contributed by atoms with Crippen LogP contribution in [-0.2, 0) is 20.9 Å². The van der Waals surface area contributed by atoms with Crippen LogP contribution < -0.4 is 5.73 Å². The van der Waals surface area contributed by atoms with Gasteiger partial charge in [0.25, 0.3) is 0 Å². The van der Waals surface area contributed by atoms with Gasteiger partial charge in [0.05, 0.1) is 5.92 Å². The summed E-state index contributed by atoms with van der Waals surface area (Å²) in [4.78, 5) is 24.1. The first-order valence-electron chi connectivity index (χ1n) is 6.25. The average Bonchev–Trinajstić information content (AvgIpc) is 2.71. The van der Waals surface area contributed by atoms with Crippen molar-refractivity contribution in [2.75, 3.05) is 0 Å². The van der Waals surface area contributed by atoms with E-state index in [0.717, 1.165) is 4.88 Å². The standard InChI is InChI=1S/C13H15NO4S/c14-13(4-3-8-9(10(8)13)11(15)16)12(17)18-6-7-2-1-5-19-7/h1-2,5,8-10H,3-4,6,14H2,(H,15,16)/t8-,9-,10-,13-/m0/s1. The van der Waals surface area contributed by atoms with Crippen LogP contribution in [0.3, 0.4) is 0 Å². The van der Waals surface area contributed by atoms with Crippen LogP contribution in [-0.4, -0.2) is 22.6 Å². The fourth-order valence-electron chi connectivity index (χ4n) is 3.25. The second-order valence-electron chi connectivity index (χ2n) is 5.29. The number of hydrogen-bond acceptors (Lipinski definition) is 5. The molecule has 1 aromatic rings. The number of thiophene rings is 1. The van der Waals surface area contributed by atoms with Crippen LogP contribution in [0, 0.1) is 17.8 Å². The summed E-state index contributed by atoms with van der Waals surface area (Å²) in [6.07, 6.45) is 1.22. The second-order valence-corrected chi connectivity index (χ2v) is 6.32. The lowest BCUT2D eigenvalue weighted by Crippen LogP contribution is -2.50. The van der Waals surface area contributed by atoms with Gasteiger partial charge in [-0.05, 0) is 30.2 Å². The Hall–Kier alpha value is -1.40. The van der Waals surface area contributed by atoms with E-state index in [2.05, 4.69) is 0 Å². The number of carbonyl (C=O) groups is 2. The van der Waals surface area contributed by atoms with Crippen molar-refractivity contribution in [2.24, 2.45) is 23.5 Å². The first kappa shape index (κ1) is 12.6. The van der Waals surface area contributed by atoms with Crippen molar-refractivity contribution < 1.29 is 19.4 Å². The Balaban J connectivity index is 1.65. The van der Waals surface area contributed by atoms with E-state index < -0.39 is 23.4 Å². The molecule has 4 atom stereocenters. The van der Waals surface area contributed by atoms with E-state index in [4.69, 9.17) is 15.6 Å². The number of nitrogens with two attached hydrogens (primary N) is 1.